The predicted octanol–water partition coefficient (Wildman–Crippen LogP) is 2.34. The first kappa shape index (κ1) is 34.8. The molecule has 0 unspecified atom stereocenters. The second-order valence-electron chi connectivity index (χ2n) is 11.3. The molecule has 8 N–H and O–H groups in total. The zero-order valence-corrected chi connectivity index (χ0v) is 25.9. The second-order valence-corrected chi connectivity index (χ2v) is 11.3. The van der Waals surface area contributed by atoms with E-state index in [-0.39, 0.29) is 37.3 Å². The molecule has 2 heterocycles. The maximum atomic E-state index is 13.7. The quantitative estimate of drug-likeness (QED) is 0.0881. The number of primary amides is 1. The molecule has 3 aromatic rings. The Bertz CT molecular complexity index is 1310. The monoisotopic (exact) mass is 622 g/mol. The third-order valence-electron chi connectivity index (χ3n) is 7.54. The van der Waals surface area contributed by atoms with Crippen molar-refractivity contribution in [3.63, 3.8) is 0 Å². The molecule has 2 aromatic heterocycles. The summed E-state index contributed by atoms with van der Waals surface area (Å²) in [6.07, 6.45) is 15.2. The molecule has 3 atom stereocenters. The summed E-state index contributed by atoms with van der Waals surface area (Å²) in [5, 5.41) is 17.9. The number of imidazole rings is 2. The van der Waals surface area contributed by atoms with Gasteiger partial charge < -0.3 is 36.8 Å². The fourth-order valence-electron chi connectivity index (χ4n) is 4.97. The highest BCUT2D eigenvalue weighted by molar-refractivity contribution is 5.94. The summed E-state index contributed by atoms with van der Waals surface area (Å²) in [5.41, 5.74) is 7.46. The molecule has 0 bridgehead atoms. The van der Waals surface area contributed by atoms with Crippen LogP contribution in [0.5, 0.6) is 5.75 Å². The topological polar surface area (TPSA) is 208 Å². The minimum Gasteiger partial charge on any atom is -0.508 e. The van der Waals surface area contributed by atoms with E-state index in [0.717, 1.165) is 19.3 Å². The van der Waals surface area contributed by atoms with Gasteiger partial charge in [-0.25, -0.2) is 9.97 Å². The Hall–Kier alpha value is -4.68. The zero-order chi connectivity index (χ0) is 32.4. The number of unbranched alkanes of at least 4 members (excludes halogenated alkanes) is 7. The van der Waals surface area contributed by atoms with Crippen LogP contribution in [0.1, 0.15) is 81.7 Å². The Balaban J connectivity index is 1.68. The van der Waals surface area contributed by atoms with E-state index in [1.807, 2.05) is 0 Å². The summed E-state index contributed by atoms with van der Waals surface area (Å²) in [6.45, 7) is 2.19. The third kappa shape index (κ3) is 12.8. The number of hydrogen-bond donors (Lipinski definition) is 7. The van der Waals surface area contributed by atoms with Gasteiger partial charge in [0.25, 0.3) is 0 Å². The molecule has 1 aromatic carbocycles. The average Bonchev–Trinajstić information content (AvgIpc) is 3.73. The number of phenols is 1. The number of phenolic OH excluding ortho intramolecular Hbond substituents is 1. The van der Waals surface area contributed by atoms with Crippen molar-refractivity contribution in [3.8, 4) is 5.75 Å². The van der Waals surface area contributed by atoms with Crippen molar-refractivity contribution in [1.29, 1.82) is 0 Å². The summed E-state index contributed by atoms with van der Waals surface area (Å²) < 4.78 is 0. The number of nitrogens with zero attached hydrogens (tertiary/aromatic N) is 2. The number of aromatic amines is 2. The molecule has 45 heavy (non-hydrogen) atoms. The summed E-state index contributed by atoms with van der Waals surface area (Å²) in [6, 6.07) is 3.18. The minimum atomic E-state index is -1.12. The minimum absolute atomic E-state index is 0.0469. The van der Waals surface area contributed by atoms with Gasteiger partial charge in [0, 0.05) is 49.5 Å². The first-order valence-corrected chi connectivity index (χ1v) is 15.7. The normalized spacial score (nSPS) is 13.0. The van der Waals surface area contributed by atoms with Gasteiger partial charge in [-0.15, -0.1) is 0 Å². The van der Waals surface area contributed by atoms with Crippen molar-refractivity contribution in [3.05, 3.63) is 66.3 Å². The molecule has 4 amide bonds. The Morgan fingerprint density at radius 3 is 1.78 bits per heavy atom. The highest BCUT2D eigenvalue weighted by Crippen LogP contribution is 2.13. The molecule has 13 heteroatoms. The standard InChI is InChI=1S/C32H46N8O5/c1-2-3-4-5-6-7-8-9-10-29(42)38-27(15-22-11-13-25(41)14-12-22)31(44)40-28(17-24-19-35-21-37-24)32(45)39-26(30(33)43)16-23-18-34-20-36-23/h11-14,18-21,26-28,41H,2-10,15-17H2,1H3,(H2,33,43)(H,34,36)(H,35,37)(H,38,42)(H,39,45)(H,40,44)/t26-,27-,28-/m0/s1. The smallest absolute Gasteiger partial charge is 0.243 e. The largest absolute Gasteiger partial charge is 0.508 e. The van der Waals surface area contributed by atoms with Gasteiger partial charge in [0.15, 0.2) is 0 Å². The van der Waals surface area contributed by atoms with Crippen LogP contribution < -0.4 is 21.7 Å². The molecule has 3 rings (SSSR count). The lowest BCUT2D eigenvalue weighted by Crippen LogP contribution is -2.57. The first-order chi connectivity index (χ1) is 21.7. The summed E-state index contributed by atoms with van der Waals surface area (Å²) in [4.78, 5) is 66.0. The van der Waals surface area contributed by atoms with Gasteiger partial charge in [0.1, 0.15) is 23.9 Å². The van der Waals surface area contributed by atoms with Crippen LogP contribution in [0, 0.1) is 0 Å². The van der Waals surface area contributed by atoms with Gasteiger partial charge in [0.05, 0.1) is 12.7 Å². The van der Waals surface area contributed by atoms with E-state index in [0.29, 0.717) is 23.4 Å². The number of nitrogens with two attached hydrogens (primary N) is 1. The lowest BCUT2D eigenvalue weighted by atomic mass is 10.0. The molecule has 13 nitrogen and oxygen atoms in total. The van der Waals surface area contributed by atoms with Crippen molar-refractivity contribution in [1.82, 2.24) is 35.9 Å². The Kier molecular flexibility index (Phi) is 14.6. The predicted molar refractivity (Wildman–Crippen MR) is 169 cm³/mol. The fraction of sp³-hybridized carbons (Fsp3) is 0.500. The molecule has 244 valence electrons. The van der Waals surface area contributed by atoms with Crippen LogP contribution in [0.4, 0.5) is 0 Å². The van der Waals surface area contributed by atoms with Gasteiger partial charge in [-0.1, -0.05) is 64.0 Å². The Morgan fingerprint density at radius 1 is 0.733 bits per heavy atom. The van der Waals surface area contributed by atoms with Gasteiger partial charge in [-0.2, -0.15) is 0 Å². The maximum Gasteiger partial charge on any atom is 0.243 e. The van der Waals surface area contributed by atoms with Crippen LogP contribution in [0.25, 0.3) is 0 Å². The van der Waals surface area contributed by atoms with E-state index in [4.69, 9.17) is 5.73 Å². The molecule has 0 fully saturated rings. The maximum absolute atomic E-state index is 13.7. The average molecular weight is 623 g/mol. The van der Waals surface area contributed by atoms with Crippen LogP contribution in [0.2, 0.25) is 0 Å². The number of carbonyl (C=O) groups excluding carboxylic acids is 4. The van der Waals surface area contributed by atoms with Crippen molar-refractivity contribution in [2.45, 2.75) is 102 Å². The van der Waals surface area contributed by atoms with E-state index in [2.05, 4.69) is 42.8 Å². The van der Waals surface area contributed by atoms with Crippen LogP contribution in [-0.4, -0.2) is 66.8 Å². The van der Waals surface area contributed by atoms with Gasteiger partial charge >= 0.3 is 0 Å². The molecule has 0 saturated carbocycles. The third-order valence-corrected chi connectivity index (χ3v) is 7.54. The number of aromatic hydroxyl groups is 1. The summed E-state index contributed by atoms with van der Waals surface area (Å²) in [5.74, 6) is -2.13. The van der Waals surface area contributed by atoms with Gasteiger partial charge in [0.2, 0.25) is 23.6 Å². The molecular weight excluding hydrogens is 576 g/mol. The second kappa shape index (κ2) is 18.9. The number of carbonyl (C=O) groups is 4. The number of aromatic nitrogens is 4. The number of amides is 4. The van der Waals surface area contributed by atoms with E-state index in [1.54, 1.807) is 12.1 Å². The molecule has 0 radical (unpaired) electrons. The highest BCUT2D eigenvalue weighted by Gasteiger charge is 2.30. The molecule has 0 aliphatic rings. The molecule has 0 aliphatic heterocycles. The highest BCUT2D eigenvalue weighted by atomic mass is 16.3. The van der Waals surface area contributed by atoms with E-state index >= 15 is 0 Å². The molecule has 0 spiro atoms. The van der Waals surface area contributed by atoms with Crippen LogP contribution in [0.15, 0.2) is 49.3 Å². The number of hydrogen-bond acceptors (Lipinski definition) is 7. The fourth-order valence-corrected chi connectivity index (χ4v) is 4.97. The number of nitrogens with one attached hydrogen (secondary N) is 5. The van der Waals surface area contributed by atoms with Crippen LogP contribution in [-0.2, 0) is 38.4 Å². The zero-order valence-electron chi connectivity index (χ0n) is 25.9. The Labute approximate surface area is 263 Å². The van der Waals surface area contributed by atoms with Crippen molar-refractivity contribution in [2.75, 3.05) is 0 Å². The van der Waals surface area contributed by atoms with E-state index < -0.39 is 35.8 Å². The summed E-state index contributed by atoms with van der Waals surface area (Å²) >= 11 is 0. The van der Waals surface area contributed by atoms with E-state index in [1.165, 1.54) is 62.9 Å². The van der Waals surface area contributed by atoms with E-state index in [9.17, 15) is 24.3 Å². The molecule has 0 aliphatic carbocycles. The molecular formula is C32H46N8O5. The SMILES string of the molecule is CCCCCCCCCCC(=O)N[C@@H](Cc1ccc(O)cc1)C(=O)N[C@@H](Cc1cnc[nH]1)C(=O)N[C@@H](Cc1cnc[nH]1)C(N)=O. The van der Waals surface area contributed by atoms with Crippen LogP contribution in [0.3, 0.4) is 0 Å². The Morgan fingerprint density at radius 2 is 1.24 bits per heavy atom. The lowest BCUT2D eigenvalue weighted by molar-refractivity contribution is -0.133. The number of H-pyrrole nitrogens is 2. The number of benzene rings is 1. The first-order valence-electron chi connectivity index (χ1n) is 15.7. The van der Waals surface area contributed by atoms with Crippen LogP contribution >= 0.6 is 0 Å². The van der Waals surface area contributed by atoms with Crippen molar-refractivity contribution in [2.24, 2.45) is 5.73 Å². The number of rotatable bonds is 21. The summed E-state index contributed by atoms with van der Waals surface area (Å²) in [7, 11) is 0. The van der Waals surface area contributed by atoms with Crippen molar-refractivity contribution >= 4 is 23.6 Å². The van der Waals surface area contributed by atoms with Gasteiger partial charge in [-0.05, 0) is 24.1 Å². The van der Waals surface area contributed by atoms with Gasteiger partial charge in [-0.3, -0.25) is 19.2 Å². The van der Waals surface area contributed by atoms with Crippen molar-refractivity contribution < 1.29 is 24.3 Å². The molecule has 0 saturated heterocycles. The lowest BCUT2D eigenvalue weighted by Gasteiger charge is -2.24.